The van der Waals surface area contributed by atoms with Crippen LogP contribution in [0, 0.1) is 23.2 Å². The number of nitriles is 1. The molecule has 100 valence electrons. The Bertz CT molecular complexity index is 349. The van der Waals surface area contributed by atoms with Crippen LogP contribution >= 0.6 is 0 Å². The fourth-order valence-corrected chi connectivity index (χ4v) is 3.52. The molecule has 4 atom stereocenters. The highest BCUT2D eigenvalue weighted by molar-refractivity contribution is 5.80. The number of piperidine rings is 1. The van der Waals surface area contributed by atoms with Crippen LogP contribution in [-0.4, -0.2) is 29.4 Å². The van der Waals surface area contributed by atoms with Crippen LogP contribution in [0.15, 0.2) is 0 Å². The van der Waals surface area contributed by atoms with E-state index in [1.54, 1.807) is 0 Å². The molecule has 4 heteroatoms. The lowest BCUT2D eigenvalue weighted by atomic mass is 9.77. The van der Waals surface area contributed by atoms with E-state index in [2.05, 4.69) is 17.9 Å². The summed E-state index contributed by atoms with van der Waals surface area (Å²) in [6, 6.07) is 2.52. The lowest BCUT2D eigenvalue weighted by Gasteiger charge is -2.44. The van der Waals surface area contributed by atoms with E-state index in [0.29, 0.717) is 5.92 Å². The van der Waals surface area contributed by atoms with E-state index in [1.807, 2.05) is 0 Å². The van der Waals surface area contributed by atoms with Crippen molar-refractivity contribution in [2.75, 3.05) is 6.54 Å². The van der Waals surface area contributed by atoms with Gasteiger partial charge in [0.25, 0.3) is 0 Å². The molecule has 18 heavy (non-hydrogen) atoms. The van der Waals surface area contributed by atoms with Gasteiger partial charge in [0.05, 0.1) is 18.0 Å². The van der Waals surface area contributed by atoms with E-state index in [4.69, 9.17) is 5.73 Å². The van der Waals surface area contributed by atoms with Crippen LogP contribution < -0.4 is 5.73 Å². The van der Waals surface area contributed by atoms with Gasteiger partial charge < -0.3 is 5.73 Å². The number of hydrogen-bond donors (Lipinski definition) is 1. The molecule has 2 fully saturated rings. The summed E-state index contributed by atoms with van der Waals surface area (Å²) in [5, 5.41) is 9.31. The van der Waals surface area contributed by atoms with E-state index in [-0.39, 0.29) is 23.9 Å². The van der Waals surface area contributed by atoms with Gasteiger partial charge in [-0.25, -0.2) is 0 Å². The Kier molecular flexibility index (Phi) is 4.23. The van der Waals surface area contributed by atoms with Crippen LogP contribution in [0.4, 0.5) is 0 Å². The van der Waals surface area contributed by atoms with Gasteiger partial charge >= 0.3 is 0 Å². The van der Waals surface area contributed by atoms with Crippen molar-refractivity contribution >= 4 is 5.91 Å². The quantitative estimate of drug-likeness (QED) is 0.809. The van der Waals surface area contributed by atoms with Crippen molar-refractivity contribution < 1.29 is 4.79 Å². The monoisotopic (exact) mass is 249 g/mol. The molecule has 4 nitrogen and oxygen atoms in total. The van der Waals surface area contributed by atoms with E-state index >= 15 is 0 Å². The Morgan fingerprint density at radius 1 is 1.33 bits per heavy atom. The smallest absolute Gasteiger partial charge is 0.234 e. The van der Waals surface area contributed by atoms with Gasteiger partial charge in [-0.2, -0.15) is 5.26 Å². The summed E-state index contributed by atoms with van der Waals surface area (Å²) in [6.07, 6.45) is 6.17. The maximum absolute atomic E-state index is 11.6. The first-order chi connectivity index (χ1) is 8.63. The molecule has 0 spiro atoms. The first-order valence-electron chi connectivity index (χ1n) is 7.08. The van der Waals surface area contributed by atoms with E-state index in [1.165, 1.54) is 0 Å². The van der Waals surface area contributed by atoms with Gasteiger partial charge in [-0.05, 0) is 44.6 Å². The van der Waals surface area contributed by atoms with Gasteiger partial charge in [0, 0.05) is 6.04 Å². The van der Waals surface area contributed by atoms with Crippen LogP contribution in [0.2, 0.25) is 0 Å². The molecule has 0 radical (unpaired) electrons. The van der Waals surface area contributed by atoms with Crippen molar-refractivity contribution in [1.82, 2.24) is 4.90 Å². The summed E-state index contributed by atoms with van der Waals surface area (Å²) in [5.41, 5.74) is 5.52. The zero-order chi connectivity index (χ0) is 13.1. The van der Waals surface area contributed by atoms with Crippen LogP contribution in [0.1, 0.15) is 45.4 Å². The Balaban J connectivity index is 2.15. The number of primary amides is 1. The van der Waals surface area contributed by atoms with Crippen LogP contribution in [0.25, 0.3) is 0 Å². The molecule has 1 saturated heterocycles. The molecule has 0 aromatic heterocycles. The lowest BCUT2D eigenvalue weighted by Crippen LogP contribution is -2.55. The Morgan fingerprint density at radius 2 is 2.11 bits per heavy atom. The maximum Gasteiger partial charge on any atom is 0.234 e. The number of likely N-dealkylation sites (tertiary alicyclic amines) is 1. The summed E-state index contributed by atoms with van der Waals surface area (Å²) >= 11 is 0. The minimum Gasteiger partial charge on any atom is -0.368 e. The average molecular weight is 249 g/mol. The fraction of sp³-hybridized carbons (Fsp3) is 0.857. The van der Waals surface area contributed by atoms with E-state index < -0.39 is 0 Å². The number of hydrogen-bond acceptors (Lipinski definition) is 3. The zero-order valence-corrected chi connectivity index (χ0v) is 11.1. The third-order valence-corrected chi connectivity index (χ3v) is 4.54. The zero-order valence-electron chi connectivity index (χ0n) is 11.1. The summed E-state index contributed by atoms with van der Waals surface area (Å²) in [4.78, 5) is 13.8. The third-order valence-electron chi connectivity index (χ3n) is 4.54. The summed E-state index contributed by atoms with van der Waals surface area (Å²) in [7, 11) is 0. The number of carbonyl (C=O) groups excluding carboxylic acids is 1. The predicted molar refractivity (Wildman–Crippen MR) is 69.4 cm³/mol. The topological polar surface area (TPSA) is 70.1 Å². The number of amides is 1. The van der Waals surface area contributed by atoms with Crippen molar-refractivity contribution in [3.63, 3.8) is 0 Å². The highest BCUT2D eigenvalue weighted by Crippen LogP contribution is 2.34. The van der Waals surface area contributed by atoms with E-state index in [9.17, 15) is 10.1 Å². The highest BCUT2D eigenvalue weighted by atomic mass is 16.1. The average Bonchev–Trinajstić information content (AvgIpc) is 2.38. The molecule has 1 heterocycles. The molecular weight excluding hydrogens is 226 g/mol. The van der Waals surface area contributed by atoms with Gasteiger partial charge in [0.1, 0.15) is 0 Å². The number of carbonyl (C=O) groups is 1. The molecule has 2 N–H and O–H groups in total. The molecule has 2 aliphatic rings. The molecule has 1 saturated carbocycles. The Labute approximate surface area is 109 Å². The van der Waals surface area contributed by atoms with Crippen molar-refractivity contribution in [3.8, 4) is 6.07 Å². The number of nitrogens with zero attached hydrogens (tertiary/aromatic N) is 2. The van der Waals surface area contributed by atoms with Gasteiger partial charge in [-0.1, -0.05) is 13.3 Å². The Morgan fingerprint density at radius 3 is 2.78 bits per heavy atom. The second-order valence-electron chi connectivity index (χ2n) is 5.87. The molecule has 2 rings (SSSR count). The molecule has 0 aromatic rings. The molecule has 1 aliphatic heterocycles. The molecule has 4 unspecified atom stereocenters. The lowest BCUT2D eigenvalue weighted by molar-refractivity contribution is -0.126. The fourth-order valence-electron chi connectivity index (χ4n) is 3.52. The summed E-state index contributed by atoms with van der Waals surface area (Å²) < 4.78 is 0. The first-order valence-corrected chi connectivity index (χ1v) is 7.08. The van der Waals surface area contributed by atoms with Gasteiger partial charge in [0.15, 0.2) is 0 Å². The third kappa shape index (κ3) is 2.67. The van der Waals surface area contributed by atoms with Gasteiger partial charge in [-0.15, -0.1) is 0 Å². The molecule has 0 aromatic carbocycles. The van der Waals surface area contributed by atoms with Crippen molar-refractivity contribution in [2.24, 2.45) is 17.6 Å². The standard InChI is InChI=1S/C14H23N3O/c1-10-5-6-11(9-15)13(8-10)17-7-3-2-4-12(17)14(16)18/h10-13H,2-8H2,1H3,(H2,16,18). The summed E-state index contributed by atoms with van der Waals surface area (Å²) in [5.74, 6) is 0.501. The molecule has 0 bridgehead atoms. The Hall–Kier alpha value is -1.08. The number of nitrogens with two attached hydrogens (primary N) is 1. The highest BCUT2D eigenvalue weighted by Gasteiger charge is 2.39. The van der Waals surface area contributed by atoms with Crippen molar-refractivity contribution in [2.45, 2.75) is 57.5 Å². The normalized spacial score (nSPS) is 38.0. The van der Waals surface area contributed by atoms with E-state index in [0.717, 1.165) is 45.1 Å². The van der Waals surface area contributed by atoms with Gasteiger partial charge in [-0.3, -0.25) is 9.69 Å². The first kappa shape index (κ1) is 13.4. The minimum absolute atomic E-state index is 0.0705. The molecule has 1 aliphatic carbocycles. The van der Waals surface area contributed by atoms with Crippen LogP contribution in [-0.2, 0) is 4.79 Å². The second-order valence-corrected chi connectivity index (χ2v) is 5.87. The maximum atomic E-state index is 11.6. The van der Waals surface area contributed by atoms with Crippen molar-refractivity contribution in [3.05, 3.63) is 0 Å². The second kappa shape index (κ2) is 5.71. The minimum atomic E-state index is -0.218. The van der Waals surface area contributed by atoms with Crippen LogP contribution in [0.3, 0.4) is 0 Å². The van der Waals surface area contributed by atoms with Crippen LogP contribution in [0.5, 0.6) is 0 Å². The van der Waals surface area contributed by atoms with Gasteiger partial charge in [0.2, 0.25) is 5.91 Å². The predicted octanol–water partition coefficient (Wildman–Crippen LogP) is 1.65. The number of rotatable bonds is 2. The van der Waals surface area contributed by atoms with Crippen molar-refractivity contribution in [1.29, 1.82) is 5.26 Å². The summed E-state index contributed by atoms with van der Waals surface area (Å²) in [6.45, 7) is 3.16. The largest absolute Gasteiger partial charge is 0.368 e. The SMILES string of the molecule is CC1CCC(C#N)C(N2CCCCC2C(N)=O)C1. The molecule has 1 amide bonds. The molecular formula is C14H23N3O.